The molecule has 0 aromatic rings. The second-order valence-electron chi connectivity index (χ2n) is 7.12. The fraction of sp³-hybridized carbons (Fsp3) is 0.944. The fourth-order valence-electron chi connectivity index (χ4n) is 3.86. The van der Waals surface area contributed by atoms with Crippen LogP contribution in [0.3, 0.4) is 0 Å². The lowest BCUT2D eigenvalue weighted by atomic mass is 10.0. The summed E-state index contributed by atoms with van der Waals surface area (Å²) >= 11 is 0. The Hall–Kier alpha value is -0.810. The molecule has 2 heterocycles. The van der Waals surface area contributed by atoms with Gasteiger partial charge in [0.25, 0.3) is 0 Å². The average Bonchev–Trinajstić information content (AvgIpc) is 3.06. The third kappa shape index (κ3) is 5.35. The van der Waals surface area contributed by atoms with E-state index >= 15 is 0 Å². The van der Waals surface area contributed by atoms with Crippen molar-refractivity contribution in [2.75, 3.05) is 46.4 Å². The summed E-state index contributed by atoms with van der Waals surface area (Å²) in [6.45, 7) is 13.2. The Morgan fingerprint density at radius 2 is 1.83 bits per heavy atom. The molecular formula is C18H36N4O. The van der Waals surface area contributed by atoms with E-state index in [9.17, 15) is 0 Å². The van der Waals surface area contributed by atoms with E-state index in [-0.39, 0.29) is 0 Å². The van der Waals surface area contributed by atoms with Crippen LogP contribution >= 0.6 is 0 Å². The fourth-order valence-corrected chi connectivity index (χ4v) is 3.86. The number of ether oxygens (including phenoxy) is 1. The molecule has 0 spiro atoms. The molecule has 2 aliphatic rings. The van der Waals surface area contributed by atoms with Gasteiger partial charge in [0, 0.05) is 39.3 Å². The van der Waals surface area contributed by atoms with Gasteiger partial charge in [-0.05, 0) is 51.6 Å². The van der Waals surface area contributed by atoms with Gasteiger partial charge in [0.2, 0.25) is 0 Å². The Balaban J connectivity index is 1.82. The van der Waals surface area contributed by atoms with Crippen LogP contribution in [0.1, 0.15) is 46.5 Å². The van der Waals surface area contributed by atoms with Crippen LogP contribution in [-0.2, 0) is 4.74 Å². The number of aliphatic imine (C=N–C) groups is 1. The van der Waals surface area contributed by atoms with Crippen LogP contribution in [0.25, 0.3) is 0 Å². The number of nitrogens with zero attached hydrogens (tertiary/aromatic N) is 3. The van der Waals surface area contributed by atoms with E-state index in [0.29, 0.717) is 18.1 Å². The number of piperidine rings is 1. The number of rotatable bonds is 6. The third-order valence-electron chi connectivity index (χ3n) is 5.20. The second kappa shape index (κ2) is 9.48. The normalized spacial score (nSPS) is 22.8. The Bertz CT molecular complexity index is 358. The quantitative estimate of drug-likeness (QED) is 0.600. The lowest BCUT2D eigenvalue weighted by Gasteiger charge is -2.36. The van der Waals surface area contributed by atoms with E-state index in [1.165, 1.54) is 25.9 Å². The van der Waals surface area contributed by atoms with Crippen molar-refractivity contribution >= 4 is 5.96 Å². The highest BCUT2D eigenvalue weighted by atomic mass is 16.5. The number of nitrogens with one attached hydrogen (secondary N) is 1. The van der Waals surface area contributed by atoms with Gasteiger partial charge in [-0.2, -0.15) is 0 Å². The smallest absolute Gasteiger partial charge is 0.193 e. The maximum atomic E-state index is 5.75. The summed E-state index contributed by atoms with van der Waals surface area (Å²) in [5.74, 6) is 1.73. The third-order valence-corrected chi connectivity index (χ3v) is 5.20. The molecule has 5 nitrogen and oxygen atoms in total. The number of hydrogen-bond donors (Lipinski definition) is 1. The van der Waals surface area contributed by atoms with Crippen molar-refractivity contribution in [1.82, 2.24) is 15.1 Å². The molecule has 2 fully saturated rings. The summed E-state index contributed by atoms with van der Waals surface area (Å²) in [6, 6.07) is 0.607. The zero-order valence-electron chi connectivity index (χ0n) is 15.6. The van der Waals surface area contributed by atoms with Crippen LogP contribution in [0, 0.1) is 5.92 Å². The van der Waals surface area contributed by atoms with Crippen LogP contribution in [0.5, 0.6) is 0 Å². The SMILES string of the molecule is CCOC1CCN(C(=NC)NCC(C(C)C)N2CCCC2)CC1. The first-order chi connectivity index (χ1) is 11.2. The molecule has 23 heavy (non-hydrogen) atoms. The van der Waals surface area contributed by atoms with Crippen molar-refractivity contribution in [2.45, 2.75) is 58.6 Å². The van der Waals surface area contributed by atoms with Crippen LogP contribution in [0.2, 0.25) is 0 Å². The van der Waals surface area contributed by atoms with Crippen molar-refractivity contribution in [3.05, 3.63) is 0 Å². The molecule has 2 rings (SSSR count). The molecule has 0 aromatic heterocycles. The predicted octanol–water partition coefficient (Wildman–Crippen LogP) is 2.18. The summed E-state index contributed by atoms with van der Waals surface area (Å²) in [5, 5.41) is 3.64. The highest BCUT2D eigenvalue weighted by Gasteiger charge is 2.26. The van der Waals surface area contributed by atoms with E-state index in [1.54, 1.807) is 0 Å². The van der Waals surface area contributed by atoms with Gasteiger partial charge < -0.3 is 15.0 Å². The van der Waals surface area contributed by atoms with Crippen LogP contribution < -0.4 is 5.32 Å². The highest BCUT2D eigenvalue weighted by Crippen LogP contribution is 2.18. The van der Waals surface area contributed by atoms with E-state index in [2.05, 4.69) is 40.9 Å². The van der Waals surface area contributed by atoms with Crippen molar-refractivity contribution < 1.29 is 4.74 Å². The van der Waals surface area contributed by atoms with Gasteiger partial charge in [0.05, 0.1) is 6.10 Å². The molecule has 1 unspecified atom stereocenters. The summed E-state index contributed by atoms with van der Waals surface area (Å²) in [4.78, 5) is 9.54. The molecule has 5 heteroatoms. The van der Waals surface area contributed by atoms with Crippen molar-refractivity contribution in [1.29, 1.82) is 0 Å². The molecule has 1 atom stereocenters. The molecule has 2 saturated heterocycles. The van der Waals surface area contributed by atoms with Gasteiger partial charge in [0.1, 0.15) is 0 Å². The summed E-state index contributed by atoms with van der Waals surface area (Å²) in [6.07, 6.45) is 5.34. The maximum absolute atomic E-state index is 5.75. The van der Waals surface area contributed by atoms with Gasteiger partial charge in [-0.15, -0.1) is 0 Å². The Kier molecular flexibility index (Phi) is 7.63. The Morgan fingerprint density at radius 3 is 2.35 bits per heavy atom. The van der Waals surface area contributed by atoms with Crippen LogP contribution in [0.4, 0.5) is 0 Å². The summed E-state index contributed by atoms with van der Waals surface area (Å²) in [5.41, 5.74) is 0. The molecule has 0 saturated carbocycles. The first-order valence-corrected chi connectivity index (χ1v) is 9.47. The van der Waals surface area contributed by atoms with Crippen LogP contribution in [-0.4, -0.2) is 74.3 Å². The molecule has 0 bridgehead atoms. The maximum Gasteiger partial charge on any atom is 0.193 e. The molecule has 0 aliphatic carbocycles. The topological polar surface area (TPSA) is 40.1 Å². The van der Waals surface area contributed by atoms with Gasteiger partial charge in [-0.3, -0.25) is 9.89 Å². The van der Waals surface area contributed by atoms with Crippen molar-refractivity contribution in [3.63, 3.8) is 0 Å². The number of hydrogen-bond acceptors (Lipinski definition) is 3. The molecule has 0 radical (unpaired) electrons. The molecule has 0 amide bonds. The molecule has 0 aromatic carbocycles. The van der Waals surface area contributed by atoms with Crippen LogP contribution in [0.15, 0.2) is 4.99 Å². The minimum absolute atomic E-state index is 0.433. The summed E-state index contributed by atoms with van der Waals surface area (Å²) < 4.78 is 5.75. The largest absolute Gasteiger partial charge is 0.378 e. The van der Waals surface area contributed by atoms with Gasteiger partial charge in [-0.1, -0.05) is 13.8 Å². The van der Waals surface area contributed by atoms with E-state index in [4.69, 9.17) is 4.74 Å². The monoisotopic (exact) mass is 324 g/mol. The zero-order valence-corrected chi connectivity index (χ0v) is 15.6. The molecular weight excluding hydrogens is 288 g/mol. The Morgan fingerprint density at radius 1 is 1.17 bits per heavy atom. The molecule has 134 valence electrons. The average molecular weight is 325 g/mol. The van der Waals surface area contributed by atoms with E-state index in [1.807, 2.05) is 7.05 Å². The highest BCUT2D eigenvalue weighted by molar-refractivity contribution is 5.80. The van der Waals surface area contributed by atoms with Crippen molar-refractivity contribution in [2.24, 2.45) is 10.9 Å². The Labute approximate surface area is 142 Å². The van der Waals surface area contributed by atoms with E-state index < -0.39 is 0 Å². The number of guanidine groups is 1. The number of likely N-dealkylation sites (tertiary alicyclic amines) is 2. The molecule has 1 N–H and O–H groups in total. The standard InChI is InChI=1S/C18H36N4O/c1-5-23-16-8-12-22(13-9-16)18(19-4)20-14-17(15(2)3)21-10-6-7-11-21/h15-17H,5-14H2,1-4H3,(H,19,20). The lowest BCUT2D eigenvalue weighted by molar-refractivity contribution is 0.0263. The minimum Gasteiger partial charge on any atom is -0.378 e. The molecule has 2 aliphatic heterocycles. The first kappa shape index (κ1) is 18.5. The first-order valence-electron chi connectivity index (χ1n) is 9.47. The second-order valence-corrected chi connectivity index (χ2v) is 7.12. The summed E-state index contributed by atoms with van der Waals surface area (Å²) in [7, 11) is 1.90. The van der Waals surface area contributed by atoms with Crippen molar-refractivity contribution in [3.8, 4) is 0 Å². The minimum atomic E-state index is 0.433. The lowest BCUT2D eigenvalue weighted by Crippen LogP contribution is -2.51. The van der Waals surface area contributed by atoms with Gasteiger partial charge in [0.15, 0.2) is 5.96 Å². The van der Waals surface area contributed by atoms with Gasteiger partial charge >= 0.3 is 0 Å². The zero-order chi connectivity index (χ0) is 16.7. The van der Waals surface area contributed by atoms with E-state index in [0.717, 1.165) is 45.0 Å². The van der Waals surface area contributed by atoms with Gasteiger partial charge in [-0.25, -0.2) is 0 Å². The predicted molar refractivity (Wildman–Crippen MR) is 97.0 cm³/mol.